The van der Waals surface area contributed by atoms with E-state index in [1.165, 1.54) is 0 Å². The van der Waals surface area contributed by atoms with Crippen molar-refractivity contribution in [1.29, 1.82) is 0 Å². The molecule has 0 bridgehead atoms. The van der Waals surface area contributed by atoms with Crippen LogP contribution in [0.5, 0.6) is 0 Å². The smallest absolute Gasteiger partial charge is 0.392 e. The first kappa shape index (κ1) is 8.58. The molecule has 0 saturated heterocycles. The lowest BCUT2D eigenvalue weighted by Gasteiger charge is -2.06. The zero-order valence-corrected chi connectivity index (χ0v) is 7.16. The summed E-state index contributed by atoms with van der Waals surface area (Å²) < 4.78 is 4.95. The summed E-state index contributed by atoms with van der Waals surface area (Å²) in [6, 6.07) is 0. The highest BCUT2D eigenvalue weighted by Gasteiger charge is 2.15. The Morgan fingerprint density at radius 3 is 2.42 bits per heavy atom. The third-order valence-corrected chi connectivity index (χ3v) is 1.36. The molecule has 0 radical (unpaired) electrons. The predicted octanol–water partition coefficient (Wildman–Crippen LogP) is 0.747. The highest BCUT2D eigenvalue weighted by atomic mass is 16.4. The molecule has 0 amide bonds. The Morgan fingerprint density at radius 1 is 1.58 bits per heavy atom. The van der Waals surface area contributed by atoms with Crippen molar-refractivity contribution in [2.24, 2.45) is 0 Å². The highest BCUT2D eigenvalue weighted by molar-refractivity contribution is 5.82. The van der Waals surface area contributed by atoms with Crippen molar-refractivity contribution in [1.82, 2.24) is 4.98 Å². The van der Waals surface area contributed by atoms with Crippen molar-refractivity contribution >= 4 is 11.9 Å². The molecule has 0 aliphatic carbocycles. The van der Waals surface area contributed by atoms with Gasteiger partial charge in [-0.25, -0.2) is 9.78 Å². The fourth-order valence-corrected chi connectivity index (χ4v) is 0.895. The molecule has 12 heavy (non-hydrogen) atoms. The van der Waals surface area contributed by atoms with Crippen LogP contribution in [0.4, 0.5) is 5.88 Å². The minimum absolute atomic E-state index is 0.267. The molecule has 5 nitrogen and oxygen atoms in total. The lowest BCUT2D eigenvalue weighted by molar-refractivity contribution is 0.0654. The van der Waals surface area contributed by atoms with Gasteiger partial charge in [0, 0.05) is 14.1 Å². The standard InChI is InChI=1S/C7H10N2O3/c1-4-6(9(2)3)12-5(8-4)7(10)11/h1-3H3,(H,10,11). The first-order valence-corrected chi connectivity index (χ1v) is 3.40. The van der Waals surface area contributed by atoms with E-state index in [0.717, 1.165) is 0 Å². The second-order valence-corrected chi connectivity index (χ2v) is 2.61. The van der Waals surface area contributed by atoms with Gasteiger partial charge in [-0.1, -0.05) is 0 Å². The number of aryl methyl sites for hydroxylation is 1. The zero-order valence-electron chi connectivity index (χ0n) is 7.16. The van der Waals surface area contributed by atoms with Gasteiger partial charge in [0.15, 0.2) is 0 Å². The fraction of sp³-hybridized carbons (Fsp3) is 0.429. The average molecular weight is 170 g/mol. The Morgan fingerprint density at radius 2 is 2.17 bits per heavy atom. The monoisotopic (exact) mass is 170 g/mol. The van der Waals surface area contributed by atoms with Crippen LogP contribution in [-0.2, 0) is 0 Å². The van der Waals surface area contributed by atoms with E-state index < -0.39 is 5.97 Å². The number of aromatic nitrogens is 1. The van der Waals surface area contributed by atoms with Gasteiger partial charge in [-0.15, -0.1) is 0 Å². The van der Waals surface area contributed by atoms with E-state index in [1.54, 1.807) is 25.9 Å². The van der Waals surface area contributed by atoms with Gasteiger partial charge < -0.3 is 14.4 Å². The van der Waals surface area contributed by atoms with E-state index in [0.29, 0.717) is 11.6 Å². The molecule has 0 unspecified atom stereocenters. The molecule has 0 aliphatic heterocycles. The first-order valence-electron chi connectivity index (χ1n) is 3.40. The van der Waals surface area contributed by atoms with Crippen LogP contribution in [-0.4, -0.2) is 30.2 Å². The molecule has 0 aliphatic rings. The maximum atomic E-state index is 10.4. The van der Waals surface area contributed by atoms with E-state index in [9.17, 15) is 4.79 Å². The van der Waals surface area contributed by atoms with Crippen LogP contribution in [0.1, 0.15) is 16.4 Å². The first-order chi connectivity index (χ1) is 5.52. The fourth-order valence-electron chi connectivity index (χ4n) is 0.895. The molecule has 0 spiro atoms. The zero-order chi connectivity index (χ0) is 9.30. The Kier molecular flexibility index (Phi) is 2.03. The summed E-state index contributed by atoms with van der Waals surface area (Å²) in [5, 5.41) is 8.53. The normalized spacial score (nSPS) is 9.92. The minimum atomic E-state index is -1.15. The van der Waals surface area contributed by atoms with Gasteiger partial charge in [0.1, 0.15) is 5.69 Å². The molecule has 1 rings (SSSR count). The summed E-state index contributed by atoms with van der Waals surface area (Å²) in [6.07, 6.45) is 0. The van der Waals surface area contributed by atoms with Crippen LogP contribution in [0.2, 0.25) is 0 Å². The second kappa shape index (κ2) is 2.84. The Labute approximate surface area is 69.6 Å². The number of carboxylic acids is 1. The van der Waals surface area contributed by atoms with Crippen molar-refractivity contribution in [2.45, 2.75) is 6.92 Å². The molecule has 1 N–H and O–H groups in total. The number of rotatable bonds is 2. The topological polar surface area (TPSA) is 66.6 Å². The number of nitrogens with zero attached hydrogens (tertiary/aromatic N) is 2. The molecule has 5 heteroatoms. The molecule has 0 aromatic carbocycles. The van der Waals surface area contributed by atoms with Gasteiger partial charge in [0.25, 0.3) is 0 Å². The van der Waals surface area contributed by atoms with Crippen molar-refractivity contribution < 1.29 is 14.3 Å². The molecule has 0 fully saturated rings. The second-order valence-electron chi connectivity index (χ2n) is 2.61. The maximum absolute atomic E-state index is 10.4. The Bertz CT molecular complexity index is 304. The van der Waals surface area contributed by atoms with Crippen LogP contribution in [0.25, 0.3) is 0 Å². The average Bonchev–Trinajstić information content (AvgIpc) is 2.30. The van der Waals surface area contributed by atoms with Gasteiger partial charge in [-0.05, 0) is 6.92 Å². The Hall–Kier alpha value is -1.52. The molecule has 0 saturated carbocycles. The molecule has 1 aromatic rings. The summed E-state index contributed by atoms with van der Waals surface area (Å²) in [4.78, 5) is 15.8. The van der Waals surface area contributed by atoms with Gasteiger partial charge in [-0.2, -0.15) is 0 Å². The molecular weight excluding hydrogens is 160 g/mol. The number of hydrogen-bond donors (Lipinski definition) is 1. The van der Waals surface area contributed by atoms with Crippen LogP contribution in [0, 0.1) is 6.92 Å². The van der Waals surface area contributed by atoms with E-state index in [1.807, 2.05) is 0 Å². The summed E-state index contributed by atoms with van der Waals surface area (Å²) in [6.45, 7) is 1.70. The highest BCUT2D eigenvalue weighted by Crippen LogP contribution is 2.18. The summed E-state index contributed by atoms with van der Waals surface area (Å²) in [7, 11) is 3.53. The quantitative estimate of drug-likeness (QED) is 0.709. The number of carbonyl (C=O) groups is 1. The predicted molar refractivity (Wildman–Crippen MR) is 42.5 cm³/mol. The summed E-state index contributed by atoms with van der Waals surface area (Å²) >= 11 is 0. The molecular formula is C7H10N2O3. The molecule has 66 valence electrons. The number of aromatic carboxylic acids is 1. The lowest BCUT2D eigenvalue weighted by Crippen LogP contribution is -2.08. The summed E-state index contributed by atoms with van der Waals surface area (Å²) in [5.41, 5.74) is 0.581. The van der Waals surface area contributed by atoms with Crippen LogP contribution < -0.4 is 4.90 Å². The largest absolute Gasteiger partial charge is 0.474 e. The van der Waals surface area contributed by atoms with E-state index >= 15 is 0 Å². The SMILES string of the molecule is Cc1nc(C(=O)O)oc1N(C)C. The lowest BCUT2D eigenvalue weighted by atomic mass is 10.5. The van der Waals surface area contributed by atoms with Gasteiger partial charge >= 0.3 is 11.9 Å². The number of hydrogen-bond acceptors (Lipinski definition) is 4. The van der Waals surface area contributed by atoms with Gasteiger partial charge in [-0.3, -0.25) is 0 Å². The molecule has 1 heterocycles. The van der Waals surface area contributed by atoms with E-state index in [-0.39, 0.29) is 5.89 Å². The minimum Gasteiger partial charge on any atom is -0.474 e. The van der Waals surface area contributed by atoms with Crippen LogP contribution in [0.3, 0.4) is 0 Å². The van der Waals surface area contributed by atoms with E-state index in [4.69, 9.17) is 9.52 Å². The van der Waals surface area contributed by atoms with Crippen molar-refractivity contribution in [3.8, 4) is 0 Å². The number of anilines is 1. The summed E-state index contributed by atoms with van der Waals surface area (Å²) in [5.74, 6) is -0.935. The van der Waals surface area contributed by atoms with Crippen LogP contribution in [0.15, 0.2) is 4.42 Å². The third-order valence-electron chi connectivity index (χ3n) is 1.36. The van der Waals surface area contributed by atoms with Crippen molar-refractivity contribution in [2.75, 3.05) is 19.0 Å². The van der Waals surface area contributed by atoms with Gasteiger partial charge in [0.2, 0.25) is 5.88 Å². The third kappa shape index (κ3) is 1.39. The molecule has 0 atom stereocenters. The Balaban J connectivity index is 3.09. The van der Waals surface area contributed by atoms with Gasteiger partial charge in [0.05, 0.1) is 0 Å². The van der Waals surface area contributed by atoms with Crippen LogP contribution >= 0.6 is 0 Å². The van der Waals surface area contributed by atoms with Crippen molar-refractivity contribution in [3.05, 3.63) is 11.6 Å². The maximum Gasteiger partial charge on any atom is 0.392 e. The number of oxazole rings is 1. The van der Waals surface area contributed by atoms with Crippen molar-refractivity contribution in [3.63, 3.8) is 0 Å². The number of carboxylic acid groups (broad SMARTS) is 1. The van der Waals surface area contributed by atoms with E-state index in [2.05, 4.69) is 4.98 Å². The molecule has 1 aromatic heterocycles.